The molecule has 1 saturated heterocycles. The van der Waals surface area contributed by atoms with E-state index in [4.69, 9.17) is 4.98 Å². The molecule has 0 radical (unpaired) electrons. The summed E-state index contributed by atoms with van der Waals surface area (Å²) >= 11 is 0. The van der Waals surface area contributed by atoms with Crippen LogP contribution in [0.4, 0.5) is 0 Å². The zero-order valence-electron chi connectivity index (χ0n) is 16.5. The van der Waals surface area contributed by atoms with Crippen LogP contribution in [0.25, 0.3) is 0 Å². The van der Waals surface area contributed by atoms with E-state index < -0.39 is 0 Å². The Morgan fingerprint density at radius 2 is 1.82 bits per heavy atom. The SMILES string of the molecule is Cc1ccc(CC(=O)N2CCCC2c2ncc(C)n2Cc2ccncc2)cc1. The first kappa shape index (κ1) is 18.4. The third-order valence-electron chi connectivity index (χ3n) is 5.52. The van der Waals surface area contributed by atoms with Crippen molar-refractivity contribution in [3.8, 4) is 0 Å². The summed E-state index contributed by atoms with van der Waals surface area (Å²) in [5, 5.41) is 0. The summed E-state index contributed by atoms with van der Waals surface area (Å²) in [5.41, 5.74) is 4.58. The van der Waals surface area contributed by atoms with Crippen LogP contribution in [0.1, 0.15) is 47.1 Å². The molecule has 4 rings (SSSR count). The summed E-state index contributed by atoms with van der Waals surface area (Å²) in [6, 6.07) is 12.3. The van der Waals surface area contributed by atoms with E-state index in [0.717, 1.165) is 43.0 Å². The molecule has 0 N–H and O–H groups in total. The minimum absolute atomic E-state index is 0.0495. The van der Waals surface area contributed by atoms with E-state index in [1.807, 2.05) is 47.8 Å². The van der Waals surface area contributed by atoms with E-state index in [1.54, 1.807) is 0 Å². The van der Waals surface area contributed by atoms with Gasteiger partial charge in [0.05, 0.1) is 12.5 Å². The molecule has 1 amide bonds. The van der Waals surface area contributed by atoms with Gasteiger partial charge in [-0.25, -0.2) is 4.98 Å². The minimum atomic E-state index is 0.0495. The predicted octanol–water partition coefficient (Wildman–Crippen LogP) is 3.85. The summed E-state index contributed by atoms with van der Waals surface area (Å²) in [4.78, 5) is 23.9. The Labute approximate surface area is 166 Å². The maximum Gasteiger partial charge on any atom is 0.227 e. The Morgan fingerprint density at radius 3 is 2.57 bits per heavy atom. The number of nitrogens with zero attached hydrogens (tertiary/aromatic N) is 4. The lowest BCUT2D eigenvalue weighted by Crippen LogP contribution is -2.33. The molecule has 1 unspecified atom stereocenters. The summed E-state index contributed by atoms with van der Waals surface area (Å²) in [7, 11) is 0. The van der Waals surface area contributed by atoms with Gasteiger partial charge in [0.2, 0.25) is 5.91 Å². The number of hydrogen-bond donors (Lipinski definition) is 0. The second-order valence-electron chi connectivity index (χ2n) is 7.61. The smallest absolute Gasteiger partial charge is 0.227 e. The van der Waals surface area contributed by atoms with Crippen molar-refractivity contribution in [2.45, 2.75) is 45.7 Å². The Morgan fingerprint density at radius 1 is 1.07 bits per heavy atom. The normalized spacial score (nSPS) is 16.5. The van der Waals surface area contributed by atoms with Gasteiger partial charge < -0.3 is 9.47 Å². The molecule has 1 fully saturated rings. The fraction of sp³-hybridized carbons (Fsp3) is 0.348. The average Bonchev–Trinajstić information content (AvgIpc) is 3.32. The number of pyridine rings is 1. The molecule has 0 spiro atoms. The van der Waals surface area contributed by atoms with E-state index in [1.165, 1.54) is 11.1 Å². The molecule has 0 saturated carbocycles. The Kier molecular flexibility index (Phi) is 5.24. The highest BCUT2D eigenvalue weighted by atomic mass is 16.2. The number of aromatic nitrogens is 3. The maximum atomic E-state index is 13.0. The van der Waals surface area contributed by atoms with Crippen LogP contribution in [0.15, 0.2) is 55.0 Å². The van der Waals surface area contributed by atoms with Gasteiger partial charge in [0.15, 0.2) is 0 Å². The van der Waals surface area contributed by atoms with Gasteiger partial charge in [0.1, 0.15) is 5.82 Å². The Balaban J connectivity index is 1.55. The quantitative estimate of drug-likeness (QED) is 0.682. The molecular formula is C23H26N4O. The summed E-state index contributed by atoms with van der Waals surface area (Å²) in [6.07, 6.45) is 7.97. The van der Waals surface area contributed by atoms with Crippen LogP contribution in [0.2, 0.25) is 0 Å². The van der Waals surface area contributed by atoms with E-state index in [-0.39, 0.29) is 11.9 Å². The van der Waals surface area contributed by atoms with E-state index in [0.29, 0.717) is 6.42 Å². The summed E-state index contributed by atoms with van der Waals surface area (Å²) in [6.45, 7) is 5.69. The number of aryl methyl sites for hydroxylation is 2. The van der Waals surface area contributed by atoms with Gasteiger partial charge in [-0.3, -0.25) is 9.78 Å². The molecule has 144 valence electrons. The first-order valence-corrected chi connectivity index (χ1v) is 9.88. The third kappa shape index (κ3) is 3.84. The number of carbonyl (C=O) groups is 1. The average molecular weight is 374 g/mol. The van der Waals surface area contributed by atoms with Gasteiger partial charge in [-0.15, -0.1) is 0 Å². The van der Waals surface area contributed by atoms with Gasteiger partial charge >= 0.3 is 0 Å². The first-order chi connectivity index (χ1) is 13.6. The van der Waals surface area contributed by atoms with Crippen molar-refractivity contribution < 1.29 is 4.79 Å². The molecule has 28 heavy (non-hydrogen) atoms. The third-order valence-corrected chi connectivity index (χ3v) is 5.52. The highest BCUT2D eigenvalue weighted by Gasteiger charge is 2.33. The monoisotopic (exact) mass is 374 g/mol. The molecule has 1 aromatic carbocycles. The summed E-state index contributed by atoms with van der Waals surface area (Å²) < 4.78 is 2.23. The minimum Gasteiger partial charge on any atom is -0.332 e. The van der Waals surface area contributed by atoms with Crippen LogP contribution in [0.5, 0.6) is 0 Å². The molecule has 3 aromatic rings. The number of imidazole rings is 1. The number of amides is 1. The highest BCUT2D eigenvalue weighted by Crippen LogP contribution is 2.32. The van der Waals surface area contributed by atoms with Crippen LogP contribution in [-0.2, 0) is 17.8 Å². The van der Waals surface area contributed by atoms with Crippen molar-refractivity contribution >= 4 is 5.91 Å². The zero-order valence-corrected chi connectivity index (χ0v) is 16.5. The van der Waals surface area contributed by atoms with Crippen molar-refractivity contribution in [3.63, 3.8) is 0 Å². The predicted molar refractivity (Wildman–Crippen MR) is 109 cm³/mol. The molecule has 1 aliphatic heterocycles. The van der Waals surface area contributed by atoms with Crippen molar-refractivity contribution in [2.75, 3.05) is 6.54 Å². The zero-order chi connectivity index (χ0) is 19.5. The van der Waals surface area contributed by atoms with Gasteiger partial charge in [-0.1, -0.05) is 29.8 Å². The number of benzene rings is 1. The lowest BCUT2D eigenvalue weighted by Gasteiger charge is -2.25. The van der Waals surface area contributed by atoms with Gasteiger partial charge in [0, 0.05) is 37.4 Å². The van der Waals surface area contributed by atoms with Crippen molar-refractivity contribution in [1.82, 2.24) is 19.4 Å². The van der Waals surface area contributed by atoms with Crippen molar-refractivity contribution in [1.29, 1.82) is 0 Å². The Hall–Kier alpha value is -2.95. The van der Waals surface area contributed by atoms with Crippen molar-refractivity contribution in [2.24, 2.45) is 0 Å². The molecule has 0 aliphatic carbocycles. The lowest BCUT2D eigenvalue weighted by atomic mass is 10.1. The van der Waals surface area contributed by atoms with Crippen molar-refractivity contribution in [3.05, 3.63) is 83.2 Å². The largest absolute Gasteiger partial charge is 0.332 e. The van der Waals surface area contributed by atoms with Crippen LogP contribution in [0, 0.1) is 13.8 Å². The van der Waals surface area contributed by atoms with Crippen LogP contribution >= 0.6 is 0 Å². The molecule has 3 heterocycles. The van der Waals surface area contributed by atoms with Crippen LogP contribution < -0.4 is 0 Å². The number of hydrogen-bond acceptors (Lipinski definition) is 3. The maximum absolute atomic E-state index is 13.0. The van der Waals surface area contributed by atoms with E-state index in [9.17, 15) is 4.79 Å². The van der Waals surface area contributed by atoms with Gasteiger partial charge in [0.25, 0.3) is 0 Å². The van der Waals surface area contributed by atoms with E-state index in [2.05, 4.69) is 35.5 Å². The molecule has 2 aromatic heterocycles. The molecule has 5 heteroatoms. The van der Waals surface area contributed by atoms with E-state index >= 15 is 0 Å². The van der Waals surface area contributed by atoms with Gasteiger partial charge in [-0.05, 0) is 49.9 Å². The number of likely N-dealkylation sites (tertiary alicyclic amines) is 1. The van der Waals surface area contributed by atoms with Crippen LogP contribution in [-0.4, -0.2) is 31.9 Å². The number of carbonyl (C=O) groups excluding carboxylic acids is 1. The second-order valence-corrected chi connectivity index (χ2v) is 7.61. The molecular weight excluding hydrogens is 348 g/mol. The highest BCUT2D eigenvalue weighted by molar-refractivity contribution is 5.79. The molecule has 0 bridgehead atoms. The fourth-order valence-corrected chi connectivity index (χ4v) is 3.94. The number of rotatable bonds is 5. The lowest BCUT2D eigenvalue weighted by molar-refractivity contribution is -0.131. The fourth-order valence-electron chi connectivity index (χ4n) is 3.94. The Bertz CT molecular complexity index is 946. The summed E-state index contributed by atoms with van der Waals surface area (Å²) in [5.74, 6) is 1.17. The molecule has 5 nitrogen and oxygen atoms in total. The molecule has 1 atom stereocenters. The second kappa shape index (κ2) is 7.97. The van der Waals surface area contributed by atoms with Crippen LogP contribution in [0.3, 0.4) is 0 Å². The van der Waals surface area contributed by atoms with Gasteiger partial charge in [-0.2, -0.15) is 0 Å². The first-order valence-electron chi connectivity index (χ1n) is 9.88. The topological polar surface area (TPSA) is 51.0 Å². The standard InChI is InChI=1S/C23H26N4O/c1-17-5-7-19(8-6-17)14-22(28)26-13-3-4-21(26)23-25-15-18(2)27(23)16-20-9-11-24-12-10-20/h5-12,15,21H,3-4,13-14,16H2,1-2H3. The molecule has 1 aliphatic rings.